The summed E-state index contributed by atoms with van der Waals surface area (Å²) in [5.41, 5.74) is 0.951. The van der Waals surface area contributed by atoms with Gasteiger partial charge >= 0.3 is 0 Å². The van der Waals surface area contributed by atoms with Gasteiger partial charge in [-0.05, 0) is 49.2 Å². The second-order valence-electron chi connectivity index (χ2n) is 6.49. The Balaban J connectivity index is 1.77. The fraction of sp³-hybridized carbons (Fsp3) is 0.300. The van der Waals surface area contributed by atoms with Crippen molar-refractivity contribution in [3.63, 3.8) is 0 Å². The molecule has 0 saturated carbocycles. The Kier molecular flexibility index (Phi) is 5.77. The van der Waals surface area contributed by atoms with Gasteiger partial charge < -0.3 is 4.90 Å². The number of anilines is 1. The first-order valence-corrected chi connectivity index (χ1v) is 10.4. The largest absolute Gasteiger partial charge is 0.339 e. The van der Waals surface area contributed by atoms with E-state index >= 15 is 0 Å². The third-order valence-electron chi connectivity index (χ3n) is 4.60. The predicted molar refractivity (Wildman–Crippen MR) is 103 cm³/mol. The molecule has 2 aromatic carbocycles. The number of amides is 1. The normalized spacial score (nSPS) is 14.9. The number of carbonyl (C=O) groups excluding carboxylic acids is 1. The van der Waals surface area contributed by atoms with Crippen molar-refractivity contribution in [2.45, 2.75) is 30.6 Å². The van der Waals surface area contributed by atoms with E-state index in [-0.39, 0.29) is 22.1 Å². The Morgan fingerprint density at radius 3 is 2.22 bits per heavy atom. The van der Waals surface area contributed by atoms with Crippen LogP contribution >= 0.6 is 0 Å². The maximum atomic E-state index is 12.6. The number of rotatable bonds is 4. The monoisotopic (exact) mass is 383 g/mol. The van der Waals surface area contributed by atoms with Gasteiger partial charge in [-0.3, -0.25) is 9.52 Å². The average molecular weight is 383 g/mol. The van der Waals surface area contributed by atoms with Crippen molar-refractivity contribution in [2.75, 3.05) is 17.8 Å². The number of nitrogens with zero attached hydrogens (tertiary/aromatic N) is 2. The maximum Gasteiger partial charge on any atom is 0.261 e. The van der Waals surface area contributed by atoms with Gasteiger partial charge in [-0.2, -0.15) is 5.26 Å². The third-order valence-corrected chi connectivity index (χ3v) is 5.98. The number of hydrogen-bond donors (Lipinski definition) is 1. The number of benzene rings is 2. The van der Waals surface area contributed by atoms with Crippen LogP contribution in [0.1, 0.15) is 41.6 Å². The van der Waals surface area contributed by atoms with Crippen LogP contribution < -0.4 is 4.72 Å². The molecule has 140 valence electrons. The van der Waals surface area contributed by atoms with Crippen molar-refractivity contribution < 1.29 is 13.2 Å². The van der Waals surface area contributed by atoms with E-state index < -0.39 is 10.0 Å². The molecule has 0 atom stereocenters. The molecule has 0 unspecified atom stereocenters. The number of nitriles is 1. The summed E-state index contributed by atoms with van der Waals surface area (Å²) in [6, 6.07) is 14.3. The maximum absolute atomic E-state index is 12.6. The van der Waals surface area contributed by atoms with E-state index in [0.29, 0.717) is 5.56 Å². The minimum Gasteiger partial charge on any atom is -0.339 e. The van der Waals surface area contributed by atoms with Gasteiger partial charge in [0.25, 0.3) is 15.9 Å². The highest BCUT2D eigenvalue weighted by molar-refractivity contribution is 7.92. The van der Waals surface area contributed by atoms with E-state index in [1.54, 1.807) is 18.2 Å². The molecule has 0 radical (unpaired) electrons. The number of carbonyl (C=O) groups is 1. The molecule has 6 nitrogen and oxygen atoms in total. The van der Waals surface area contributed by atoms with Crippen LogP contribution in [0.4, 0.5) is 5.69 Å². The number of nitrogens with one attached hydrogen (secondary N) is 1. The van der Waals surface area contributed by atoms with E-state index in [4.69, 9.17) is 5.26 Å². The molecule has 7 heteroatoms. The number of hydrogen-bond acceptors (Lipinski definition) is 4. The summed E-state index contributed by atoms with van der Waals surface area (Å²) >= 11 is 0. The topological polar surface area (TPSA) is 90.3 Å². The van der Waals surface area contributed by atoms with E-state index in [1.807, 2.05) is 11.0 Å². The lowest BCUT2D eigenvalue weighted by Crippen LogP contribution is -2.31. The van der Waals surface area contributed by atoms with Crippen molar-refractivity contribution in [3.8, 4) is 6.07 Å². The average Bonchev–Trinajstić information content (AvgIpc) is 2.97. The fourth-order valence-corrected chi connectivity index (χ4v) is 4.19. The fourth-order valence-electron chi connectivity index (χ4n) is 3.11. The van der Waals surface area contributed by atoms with Crippen molar-refractivity contribution in [3.05, 3.63) is 59.7 Å². The molecular formula is C20H21N3O3S. The van der Waals surface area contributed by atoms with Crippen molar-refractivity contribution >= 4 is 21.6 Å². The first-order valence-electron chi connectivity index (χ1n) is 8.92. The molecule has 0 bridgehead atoms. The number of likely N-dealkylation sites (tertiary alicyclic amines) is 1. The number of para-hydroxylation sites is 1. The Hall–Kier alpha value is -2.85. The number of sulfonamides is 1. The molecule has 3 rings (SSSR count). The Morgan fingerprint density at radius 2 is 1.59 bits per heavy atom. The Morgan fingerprint density at radius 1 is 0.963 bits per heavy atom. The molecule has 0 aliphatic carbocycles. The van der Waals surface area contributed by atoms with Crippen LogP contribution in [0.15, 0.2) is 53.4 Å². The van der Waals surface area contributed by atoms with Crippen LogP contribution in [-0.2, 0) is 10.0 Å². The van der Waals surface area contributed by atoms with Crippen molar-refractivity contribution in [1.29, 1.82) is 5.26 Å². The SMILES string of the molecule is N#Cc1ccccc1NS(=O)(=O)c1ccc(C(=O)N2CCCCCC2)cc1. The lowest BCUT2D eigenvalue weighted by atomic mass is 10.2. The van der Waals surface area contributed by atoms with E-state index in [1.165, 1.54) is 30.3 Å². The molecule has 0 aromatic heterocycles. The van der Waals surface area contributed by atoms with Crippen LogP contribution in [0.5, 0.6) is 0 Å². The molecule has 1 saturated heterocycles. The van der Waals surface area contributed by atoms with Gasteiger partial charge in [0.1, 0.15) is 6.07 Å². The van der Waals surface area contributed by atoms with Crippen molar-refractivity contribution in [1.82, 2.24) is 4.90 Å². The van der Waals surface area contributed by atoms with Crippen LogP contribution in [-0.4, -0.2) is 32.3 Å². The van der Waals surface area contributed by atoms with Crippen LogP contribution in [0.3, 0.4) is 0 Å². The lowest BCUT2D eigenvalue weighted by Gasteiger charge is -2.20. The molecular weight excluding hydrogens is 362 g/mol. The standard InChI is InChI=1S/C20H21N3O3S/c21-15-17-7-3-4-8-19(17)22-27(25,26)18-11-9-16(10-12-18)20(24)23-13-5-1-2-6-14-23/h3-4,7-12,22H,1-2,5-6,13-14H2. The molecule has 1 aliphatic heterocycles. The predicted octanol–water partition coefficient (Wildman–Crippen LogP) is 3.38. The van der Waals surface area contributed by atoms with Gasteiger partial charge in [0.2, 0.25) is 0 Å². The summed E-state index contributed by atoms with van der Waals surface area (Å²) in [5, 5.41) is 9.10. The summed E-state index contributed by atoms with van der Waals surface area (Å²) in [5.74, 6) is -0.0661. The van der Waals surface area contributed by atoms with Crippen molar-refractivity contribution in [2.24, 2.45) is 0 Å². The smallest absolute Gasteiger partial charge is 0.261 e. The summed E-state index contributed by atoms with van der Waals surface area (Å²) in [7, 11) is -3.85. The summed E-state index contributed by atoms with van der Waals surface area (Å²) in [6.07, 6.45) is 4.27. The Labute approximate surface area is 159 Å². The van der Waals surface area contributed by atoms with Gasteiger partial charge in [-0.15, -0.1) is 0 Å². The minimum atomic E-state index is -3.85. The van der Waals surface area contributed by atoms with Crippen LogP contribution in [0, 0.1) is 11.3 Å². The molecule has 2 aromatic rings. The lowest BCUT2D eigenvalue weighted by molar-refractivity contribution is 0.0761. The van der Waals surface area contributed by atoms with Gasteiger partial charge in [0, 0.05) is 18.7 Å². The summed E-state index contributed by atoms with van der Waals surface area (Å²) in [6.45, 7) is 1.48. The van der Waals surface area contributed by atoms with Gasteiger partial charge in [-0.1, -0.05) is 25.0 Å². The first kappa shape index (κ1) is 18.9. The molecule has 1 fully saturated rings. The zero-order valence-corrected chi connectivity index (χ0v) is 15.7. The van der Waals surface area contributed by atoms with Gasteiger partial charge in [0.05, 0.1) is 16.1 Å². The highest BCUT2D eigenvalue weighted by Gasteiger charge is 2.20. The van der Waals surface area contributed by atoms with E-state index in [0.717, 1.165) is 38.8 Å². The molecule has 1 amide bonds. The van der Waals surface area contributed by atoms with Gasteiger partial charge in [0.15, 0.2) is 0 Å². The molecule has 1 heterocycles. The van der Waals surface area contributed by atoms with Crippen LogP contribution in [0.25, 0.3) is 0 Å². The highest BCUT2D eigenvalue weighted by atomic mass is 32.2. The molecule has 1 aliphatic rings. The molecule has 0 spiro atoms. The third kappa shape index (κ3) is 4.47. The molecule has 1 N–H and O–H groups in total. The summed E-state index contributed by atoms with van der Waals surface area (Å²) < 4.78 is 27.6. The van der Waals surface area contributed by atoms with E-state index in [2.05, 4.69) is 4.72 Å². The summed E-state index contributed by atoms with van der Waals surface area (Å²) in [4.78, 5) is 14.5. The van der Waals surface area contributed by atoms with E-state index in [9.17, 15) is 13.2 Å². The second-order valence-corrected chi connectivity index (χ2v) is 8.18. The zero-order chi connectivity index (χ0) is 19.3. The molecule has 27 heavy (non-hydrogen) atoms. The second kappa shape index (κ2) is 8.23. The first-order chi connectivity index (χ1) is 13.0. The zero-order valence-electron chi connectivity index (χ0n) is 14.9. The van der Waals surface area contributed by atoms with Crippen LogP contribution in [0.2, 0.25) is 0 Å². The minimum absolute atomic E-state index is 0.0441. The Bertz CT molecular complexity index is 955. The highest BCUT2D eigenvalue weighted by Crippen LogP contribution is 2.20. The van der Waals surface area contributed by atoms with Gasteiger partial charge in [-0.25, -0.2) is 8.42 Å². The quantitative estimate of drug-likeness (QED) is 0.876.